The Morgan fingerprint density at radius 1 is 1.46 bits per heavy atom. The van der Waals surface area contributed by atoms with E-state index in [2.05, 4.69) is 11.1 Å². The highest BCUT2D eigenvalue weighted by molar-refractivity contribution is 6.66. The second-order valence-electron chi connectivity index (χ2n) is 6.17. The number of primary amides is 1. The van der Waals surface area contributed by atoms with Crippen molar-refractivity contribution < 1.29 is 4.79 Å². The van der Waals surface area contributed by atoms with Crippen molar-refractivity contribution in [1.82, 2.24) is 9.78 Å². The van der Waals surface area contributed by atoms with E-state index >= 15 is 0 Å². The molecule has 3 rings (SSSR count). The molecular weight excluding hydrogens is 324 g/mol. The first-order valence-electron chi connectivity index (χ1n) is 7.68. The molecule has 0 saturated heterocycles. The van der Waals surface area contributed by atoms with Crippen LogP contribution in [0.3, 0.4) is 0 Å². The molecule has 8 heteroatoms. The molecule has 1 aromatic heterocycles. The van der Waals surface area contributed by atoms with Crippen LogP contribution in [-0.2, 0) is 12.9 Å². The molecule has 0 aliphatic carbocycles. The second kappa shape index (κ2) is 6.21. The fraction of sp³-hybridized carbons (Fsp3) is 0.312. The summed E-state index contributed by atoms with van der Waals surface area (Å²) in [6.45, 7) is 0.492. The van der Waals surface area contributed by atoms with E-state index in [9.17, 15) is 10.1 Å². The Kier molecular flexibility index (Phi) is 4.25. The summed E-state index contributed by atoms with van der Waals surface area (Å²) in [7, 11) is 3.83. The fourth-order valence-electron chi connectivity index (χ4n) is 3.04. The Hall–Kier alpha value is -2.46. The van der Waals surface area contributed by atoms with Crippen molar-refractivity contribution in [2.75, 3.05) is 19.0 Å². The minimum Gasteiger partial charge on any atom is -0.378 e. The van der Waals surface area contributed by atoms with Crippen molar-refractivity contribution in [2.45, 2.75) is 19.2 Å². The predicted octanol–water partition coefficient (Wildman–Crippen LogP) is 2.02. The van der Waals surface area contributed by atoms with Crippen molar-refractivity contribution in [3.05, 3.63) is 34.5 Å². The van der Waals surface area contributed by atoms with Crippen molar-refractivity contribution >= 4 is 29.9 Å². The van der Waals surface area contributed by atoms with Gasteiger partial charge in [0.1, 0.15) is 5.69 Å². The second-order valence-corrected chi connectivity index (χ2v) is 6.61. The molecule has 1 amide bonds. The number of halogens is 1. The number of amides is 1. The maximum Gasteiger partial charge on any atom is 0.275 e. The molecule has 0 radical (unpaired) electrons. The fourth-order valence-corrected chi connectivity index (χ4v) is 3.27. The number of aryl methyl sites for hydroxylation is 1. The monoisotopic (exact) mass is 341 g/mol. The highest BCUT2D eigenvalue weighted by atomic mass is 35.5. The van der Waals surface area contributed by atoms with Gasteiger partial charge in [0.25, 0.3) is 12.6 Å². The van der Waals surface area contributed by atoms with E-state index in [0.717, 1.165) is 23.3 Å². The minimum absolute atomic E-state index is 0.114. The lowest BCUT2D eigenvalue weighted by molar-refractivity contribution is 0.1000. The van der Waals surface area contributed by atoms with Gasteiger partial charge in [-0.3, -0.25) is 9.48 Å². The zero-order chi connectivity index (χ0) is 17.4. The van der Waals surface area contributed by atoms with E-state index in [1.54, 1.807) is 10.7 Å². The molecule has 2 heterocycles. The summed E-state index contributed by atoms with van der Waals surface area (Å²) in [6, 6.07) is 5.54. The van der Waals surface area contributed by atoms with Gasteiger partial charge in [-0.2, -0.15) is 5.10 Å². The maximum atomic E-state index is 12.1. The average molecular weight is 342 g/mol. The van der Waals surface area contributed by atoms with Crippen LogP contribution < -0.4 is 10.6 Å². The highest BCUT2D eigenvalue weighted by Crippen LogP contribution is 2.33. The molecule has 0 spiro atoms. The van der Waals surface area contributed by atoms with E-state index in [0.29, 0.717) is 29.1 Å². The number of carbonyl (C=O) groups is 1. The lowest BCUT2D eigenvalue weighted by atomic mass is 9.45. The first-order chi connectivity index (χ1) is 11.4. The van der Waals surface area contributed by atoms with Gasteiger partial charge < -0.3 is 10.6 Å². The van der Waals surface area contributed by atoms with E-state index in [-0.39, 0.29) is 6.71 Å². The third-order valence-corrected chi connectivity index (χ3v) is 4.51. The summed E-state index contributed by atoms with van der Waals surface area (Å²) < 4.78 is 1.79. The number of anilines is 1. The van der Waals surface area contributed by atoms with Crippen LogP contribution in [0.15, 0.2) is 18.2 Å². The lowest BCUT2D eigenvalue weighted by Crippen LogP contribution is -2.28. The van der Waals surface area contributed by atoms with Gasteiger partial charge in [-0.25, -0.2) is 5.26 Å². The van der Waals surface area contributed by atoms with Gasteiger partial charge in [-0.15, -0.1) is 0 Å². The van der Waals surface area contributed by atoms with Crippen LogP contribution in [0.5, 0.6) is 0 Å². The molecule has 0 saturated carbocycles. The summed E-state index contributed by atoms with van der Waals surface area (Å²) in [5, 5.41) is 14.3. The summed E-state index contributed by atoms with van der Waals surface area (Å²) in [5.41, 5.74) is 8.94. The molecule has 1 aromatic carbocycles. The average Bonchev–Trinajstić information content (AvgIpc) is 2.92. The standard InChI is InChI=1S/C16H17BClN5O/c1-22(2)12-6-10(5-11(18)7-12)15-14(16(20)24)13-8-17(9-19)3-4-23(13)21-15/h5-7H,3-4,8H2,1-2H3,(H2,20,24). The summed E-state index contributed by atoms with van der Waals surface area (Å²) >= 11 is 6.23. The largest absolute Gasteiger partial charge is 0.378 e. The van der Waals surface area contributed by atoms with Crippen LogP contribution in [0.25, 0.3) is 11.3 Å². The van der Waals surface area contributed by atoms with Gasteiger partial charge in [0.2, 0.25) is 0 Å². The smallest absolute Gasteiger partial charge is 0.275 e. The van der Waals surface area contributed by atoms with Crippen molar-refractivity contribution in [3.63, 3.8) is 0 Å². The molecule has 0 bridgehead atoms. The number of hydrogen-bond acceptors (Lipinski definition) is 4. The van der Waals surface area contributed by atoms with Gasteiger partial charge in [-0.05, 0) is 30.8 Å². The number of rotatable bonds is 3. The number of benzene rings is 1. The molecule has 1 aliphatic rings. The summed E-state index contributed by atoms with van der Waals surface area (Å²) in [5.74, 6) is 1.74. The van der Waals surface area contributed by atoms with E-state index in [4.69, 9.17) is 17.3 Å². The van der Waals surface area contributed by atoms with Crippen molar-refractivity contribution in [1.29, 1.82) is 5.26 Å². The molecule has 0 atom stereocenters. The zero-order valence-corrected chi connectivity index (χ0v) is 14.3. The van der Waals surface area contributed by atoms with Gasteiger partial charge in [0.05, 0.1) is 5.56 Å². The Morgan fingerprint density at radius 2 is 2.21 bits per heavy atom. The molecule has 2 aromatic rings. The minimum atomic E-state index is -0.531. The number of nitrogens with zero attached hydrogens (tertiary/aromatic N) is 4. The van der Waals surface area contributed by atoms with Crippen LogP contribution in [0, 0.1) is 11.2 Å². The summed E-state index contributed by atoms with van der Waals surface area (Å²) in [4.78, 5) is 14.0. The Morgan fingerprint density at radius 3 is 2.83 bits per heavy atom. The van der Waals surface area contributed by atoms with Crippen LogP contribution in [0.4, 0.5) is 5.69 Å². The van der Waals surface area contributed by atoms with Gasteiger partial charge in [0, 0.05) is 48.6 Å². The Balaban J connectivity index is 2.18. The van der Waals surface area contributed by atoms with Crippen LogP contribution >= 0.6 is 11.6 Å². The Labute approximate surface area is 145 Å². The lowest BCUT2D eigenvalue weighted by Gasteiger charge is -2.15. The normalized spacial score (nSPS) is 13.3. The molecule has 1 aliphatic heterocycles. The number of carbonyl (C=O) groups excluding carboxylic acids is 1. The molecule has 2 N–H and O–H groups in total. The number of nitrogens with two attached hydrogens (primary N) is 1. The number of fused-ring (bicyclic) bond motifs is 1. The first kappa shape index (κ1) is 16.4. The molecule has 122 valence electrons. The third-order valence-electron chi connectivity index (χ3n) is 4.29. The van der Waals surface area contributed by atoms with Gasteiger partial charge in [0.15, 0.2) is 0 Å². The van der Waals surface area contributed by atoms with Gasteiger partial charge >= 0.3 is 0 Å². The maximum absolute atomic E-state index is 12.1. The van der Waals surface area contributed by atoms with E-state index < -0.39 is 5.91 Å². The van der Waals surface area contributed by atoms with E-state index in [1.165, 1.54) is 0 Å². The van der Waals surface area contributed by atoms with E-state index in [1.807, 2.05) is 31.1 Å². The SMILES string of the molecule is CN(C)c1cc(Cl)cc(-c2nn3c(c2C(N)=O)CB(C#N)CC3)c1. The summed E-state index contributed by atoms with van der Waals surface area (Å²) in [6.07, 6.45) is 1.21. The number of hydrogen-bond donors (Lipinski definition) is 1. The van der Waals surface area contributed by atoms with Crippen LogP contribution in [0.1, 0.15) is 16.1 Å². The Bertz CT molecular complexity index is 855. The first-order valence-corrected chi connectivity index (χ1v) is 8.06. The number of aromatic nitrogens is 2. The molecule has 24 heavy (non-hydrogen) atoms. The molecule has 0 fully saturated rings. The zero-order valence-electron chi connectivity index (χ0n) is 13.6. The quantitative estimate of drug-likeness (QED) is 0.865. The van der Waals surface area contributed by atoms with Gasteiger partial charge in [-0.1, -0.05) is 11.6 Å². The molecular formula is C16H17BClN5O. The molecule has 0 unspecified atom stereocenters. The third kappa shape index (κ3) is 2.85. The van der Waals surface area contributed by atoms with Crippen LogP contribution in [0.2, 0.25) is 11.3 Å². The van der Waals surface area contributed by atoms with Crippen molar-refractivity contribution in [3.8, 4) is 17.2 Å². The predicted molar refractivity (Wildman–Crippen MR) is 95.4 cm³/mol. The molecule has 6 nitrogen and oxygen atoms in total. The highest BCUT2D eigenvalue weighted by Gasteiger charge is 2.30. The van der Waals surface area contributed by atoms with Crippen LogP contribution in [-0.4, -0.2) is 36.5 Å². The number of nitriles is 1. The van der Waals surface area contributed by atoms with Crippen molar-refractivity contribution in [2.24, 2.45) is 5.73 Å². The topological polar surface area (TPSA) is 87.9 Å².